The van der Waals surface area contributed by atoms with Crippen molar-refractivity contribution in [2.75, 3.05) is 4.90 Å². The van der Waals surface area contributed by atoms with E-state index in [1.807, 2.05) is 36.4 Å². The number of rotatable bonds is 4. The molecule has 0 saturated heterocycles. The summed E-state index contributed by atoms with van der Waals surface area (Å²) in [4.78, 5) is 2.20. The van der Waals surface area contributed by atoms with Gasteiger partial charge < -0.3 is 10.0 Å². The molecule has 3 aromatic rings. The lowest BCUT2D eigenvalue weighted by molar-refractivity contribution is 0.282. The number of aliphatic hydroxyl groups excluding tert-OH is 1. The zero-order chi connectivity index (χ0) is 16.2. The summed E-state index contributed by atoms with van der Waals surface area (Å²) in [6.07, 6.45) is 0. The van der Waals surface area contributed by atoms with Crippen molar-refractivity contribution in [3.05, 3.63) is 88.4 Å². The minimum Gasteiger partial charge on any atom is -0.392 e. The van der Waals surface area contributed by atoms with E-state index >= 15 is 0 Å². The van der Waals surface area contributed by atoms with E-state index in [1.165, 1.54) is 5.56 Å². The van der Waals surface area contributed by atoms with E-state index in [0.717, 1.165) is 27.1 Å². The van der Waals surface area contributed by atoms with Crippen LogP contribution in [0.15, 0.2) is 77.3 Å². The van der Waals surface area contributed by atoms with Crippen molar-refractivity contribution in [1.29, 1.82) is 0 Å². The molecule has 0 aliphatic heterocycles. The lowest BCUT2D eigenvalue weighted by Gasteiger charge is -2.25. The first-order chi connectivity index (χ1) is 11.2. The van der Waals surface area contributed by atoms with Gasteiger partial charge in [0, 0.05) is 21.5 Å². The SMILES string of the molecule is Cc1ccc(N(c2ccc(Br)cc2)c2ccc(CO)cc2)cc1. The molecule has 0 aliphatic rings. The minimum absolute atomic E-state index is 0.0586. The minimum atomic E-state index is 0.0586. The third-order valence-electron chi connectivity index (χ3n) is 3.75. The summed E-state index contributed by atoms with van der Waals surface area (Å²) in [5, 5.41) is 9.24. The molecule has 1 N–H and O–H groups in total. The monoisotopic (exact) mass is 367 g/mol. The summed E-state index contributed by atoms with van der Waals surface area (Å²) in [7, 11) is 0. The van der Waals surface area contributed by atoms with Gasteiger partial charge in [-0.15, -0.1) is 0 Å². The zero-order valence-electron chi connectivity index (χ0n) is 12.9. The lowest BCUT2D eigenvalue weighted by atomic mass is 10.1. The molecule has 0 aromatic heterocycles. The summed E-state index contributed by atoms with van der Waals surface area (Å²) in [6.45, 7) is 2.15. The van der Waals surface area contributed by atoms with Gasteiger partial charge in [-0.1, -0.05) is 45.8 Å². The van der Waals surface area contributed by atoms with Gasteiger partial charge in [-0.3, -0.25) is 0 Å². The standard InChI is InChI=1S/C20H18BrNO/c1-15-2-8-18(9-3-15)22(20-12-6-17(21)7-13-20)19-10-4-16(14-23)5-11-19/h2-13,23H,14H2,1H3. The molecule has 0 heterocycles. The Morgan fingerprint density at radius 1 is 0.739 bits per heavy atom. The first kappa shape index (κ1) is 15.8. The van der Waals surface area contributed by atoms with E-state index < -0.39 is 0 Å². The fourth-order valence-corrected chi connectivity index (χ4v) is 2.75. The largest absolute Gasteiger partial charge is 0.392 e. The highest BCUT2D eigenvalue weighted by molar-refractivity contribution is 9.10. The van der Waals surface area contributed by atoms with Crippen LogP contribution in [-0.2, 0) is 6.61 Å². The Balaban J connectivity index is 2.08. The Labute approximate surface area is 145 Å². The number of hydrogen-bond donors (Lipinski definition) is 1. The molecule has 23 heavy (non-hydrogen) atoms. The summed E-state index contributed by atoms with van der Waals surface area (Å²) in [5.74, 6) is 0. The van der Waals surface area contributed by atoms with Crippen LogP contribution < -0.4 is 4.90 Å². The molecule has 2 nitrogen and oxygen atoms in total. The lowest BCUT2D eigenvalue weighted by Crippen LogP contribution is -2.09. The Morgan fingerprint density at radius 2 is 1.17 bits per heavy atom. The van der Waals surface area contributed by atoms with Crippen LogP contribution in [0.25, 0.3) is 0 Å². The predicted octanol–water partition coefficient (Wildman–Crippen LogP) is 5.72. The molecular formula is C20H18BrNO. The molecule has 0 spiro atoms. The Morgan fingerprint density at radius 3 is 1.65 bits per heavy atom. The number of nitrogens with zero attached hydrogens (tertiary/aromatic N) is 1. The molecule has 0 fully saturated rings. The second-order valence-electron chi connectivity index (χ2n) is 5.47. The van der Waals surface area contributed by atoms with Crippen LogP contribution in [-0.4, -0.2) is 5.11 Å². The Kier molecular flexibility index (Phi) is 4.79. The molecule has 0 aliphatic carbocycles. The van der Waals surface area contributed by atoms with Crippen molar-refractivity contribution in [3.63, 3.8) is 0 Å². The fraction of sp³-hybridized carbons (Fsp3) is 0.100. The van der Waals surface area contributed by atoms with E-state index in [1.54, 1.807) is 0 Å². The summed E-state index contributed by atoms with van der Waals surface area (Å²) in [6, 6.07) is 24.7. The molecular weight excluding hydrogens is 350 g/mol. The van der Waals surface area contributed by atoms with Crippen LogP contribution >= 0.6 is 15.9 Å². The molecule has 0 radical (unpaired) electrons. The van der Waals surface area contributed by atoms with E-state index in [2.05, 4.69) is 64.2 Å². The number of aryl methyl sites for hydroxylation is 1. The maximum Gasteiger partial charge on any atom is 0.0681 e. The van der Waals surface area contributed by atoms with Gasteiger partial charge in [-0.25, -0.2) is 0 Å². The van der Waals surface area contributed by atoms with Crippen molar-refractivity contribution >= 4 is 33.0 Å². The quantitative estimate of drug-likeness (QED) is 0.637. The first-order valence-corrected chi connectivity index (χ1v) is 8.29. The van der Waals surface area contributed by atoms with Gasteiger partial charge in [0.25, 0.3) is 0 Å². The molecule has 0 unspecified atom stereocenters. The van der Waals surface area contributed by atoms with Crippen LogP contribution in [0.2, 0.25) is 0 Å². The average Bonchev–Trinajstić information content (AvgIpc) is 2.59. The maximum absolute atomic E-state index is 9.24. The topological polar surface area (TPSA) is 23.5 Å². The molecule has 3 heteroatoms. The number of aliphatic hydroxyl groups is 1. The van der Waals surface area contributed by atoms with Crippen LogP contribution in [0.3, 0.4) is 0 Å². The summed E-state index contributed by atoms with van der Waals surface area (Å²) >= 11 is 3.49. The van der Waals surface area contributed by atoms with E-state index in [0.29, 0.717) is 0 Å². The van der Waals surface area contributed by atoms with Gasteiger partial charge in [0.15, 0.2) is 0 Å². The summed E-state index contributed by atoms with van der Waals surface area (Å²) in [5.41, 5.74) is 5.41. The van der Waals surface area contributed by atoms with Crippen LogP contribution in [0.5, 0.6) is 0 Å². The van der Waals surface area contributed by atoms with Crippen molar-refractivity contribution in [2.45, 2.75) is 13.5 Å². The molecule has 0 atom stereocenters. The first-order valence-electron chi connectivity index (χ1n) is 7.49. The van der Waals surface area contributed by atoms with E-state index in [9.17, 15) is 5.11 Å². The maximum atomic E-state index is 9.24. The van der Waals surface area contributed by atoms with Gasteiger partial charge in [-0.2, -0.15) is 0 Å². The van der Waals surface area contributed by atoms with Gasteiger partial charge in [0.1, 0.15) is 0 Å². The van der Waals surface area contributed by atoms with Gasteiger partial charge in [0.2, 0.25) is 0 Å². The van der Waals surface area contributed by atoms with Gasteiger partial charge in [-0.05, 0) is 61.0 Å². The van der Waals surface area contributed by atoms with Crippen LogP contribution in [0.4, 0.5) is 17.1 Å². The second-order valence-corrected chi connectivity index (χ2v) is 6.39. The highest BCUT2D eigenvalue weighted by atomic mass is 79.9. The number of halogens is 1. The van der Waals surface area contributed by atoms with Crippen molar-refractivity contribution in [3.8, 4) is 0 Å². The zero-order valence-corrected chi connectivity index (χ0v) is 14.5. The molecule has 116 valence electrons. The van der Waals surface area contributed by atoms with Gasteiger partial charge in [0.05, 0.1) is 6.61 Å². The second kappa shape index (κ2) is 6.99. The van der Waals surface area contributed by atoms with Crippen molar-refractivity contribution in [1.82, 2.24) is 0 Å². The fourth-order valence-electron chi connectivity index (χ4n) is 2.48. The molecule has 0 saturated carbocycles. The van der Waals surface area contributed by atoms with Crippen LogP contribution in [0, 0.1) is 6.92 Å². The van der Waals surface area contributed by atoms with E-state index in [-0.39, 0.29) is 6.61 Å². The Bertz CT molecular complexity index is 719. The smallest absolute Gasteiger partial charge is 0.0681 e. The molecule has 3 aromatic carbocycles. The number of anilines is 3. The third-order valence-corrected chi connectivity index (χ3v) is 4.28. The van der Waals surface area contributed by atoms with Crippen LogP contribution in [0.1, 0.15) is 11.1 Å². The van der Waals surface area contributed by atoms with Gasteiger partial charge >= 0.3 is 0 Å². The van der Waals surface area contributed by atoms with Crippen molar-refractivity contribution in [2.24, 2.45) is 0 Å². The van der Waals surface area contributed by atoms with Crippen molar-refractivity contribution < 1.29 is 5.11 Å². The molecule has 0 bridgehead atoms. The third kappa shape index (κ3) is 3.63. The van der Waals surface area contributed by atoms with E-state index in [4.69, 9.17) is 0 Å². The Hall–Kier alpha value is -2.10. The highest BCUT2D eigenvalue weighted by Gasteiger charge is 2.12. The number of hydrogen-bond acceptors (Lipinski definition) is 2. The molecule has 3 rings (SSSR count). The molecule has 0 amide bonds. The normalized spacial score (nSPS) is 10.6. The average molecular weight is 368 g/mol. The summed E-state index contributed by atoms with van der Waals surface area (Å²) < 4.78 is 1.06. The predicted molar refractivity (Wildman–Crippen MR) is 99.5 cm³/mol. The highest BCUT2D eigenvalue weighted by Crippen LogP contribution is 2.35. The number of benzene rings is 3.